The van der Waals surface area contributed by atoms with Crippen LogP contribution in [0.1, 0.15) is 35.0 Å². The van der Waals surface area contributed by atoms with Crippen LogP contribution in [0.5, 0.6) is 0 Å². The third kappa shape index (κ3) is 3.50. The summed E-state index contributed by atoms with van der Waals surface area (Å²) in [7, 11) is 0. The van der Waals surface area contributed by atoms with Gasteiger partial charge in [-0.25, -0.2) is 4.68 Å². The highest BCUT2D eigenvalue weighted by atomic mass is 32.1. The first-order chi connectivity index (χ1) is 12.7. The van der Waals surface area contributed by atoms with Gasteiger partial charge in [0.2, 0.25) is 0 Å². The third-order valence-electron chi connectivity index (χ3n) is 4.72. The molecule has 3 aromatic rings. The topological polar surface area (TPSA) is 60.2 Å². The van der Waals surface area contributed by atoms with E-state index < -0.39 is 0 Å². The standard InChI is InChI=1S/C19H22N4O2S/c1-2-23-18-8-7-14(11-17(18)20-21-23)19(24)22(12-15-5-3-9-25-15)13-16-6-4-10-26-16/h4,6-8,10-11,15H,2-3,5,9,12-13H2,1H3. The van der Waals surface area contributed by atoms with Crippen molar-refractivity contribution in [1.82, 2.24) is 19.9 Å². The van der Waals surface area contributed by atoms with Crippen molar-refractivity contribution in [3.63, 3.8) is 0 Å². The maximum absolute atomic E-state index is 13.2. The van der Waals surface area contributed by atoms with E-state index in [1.54, 1.807) is 11.3 Å². The molecule has 26 heavy (non-hydrogen) atoms. The molecule has 3 heterocycles. The third-order valence-corrected chi connectivity index (χ3v) is 5.58. The summed E-state index contributed by atoms with van der Waals surface area (Å²) < 4.78 is 7.59. The van der Waals surface area contributed by atoms with E-state index >= 15 is 0 Å². The highest BCUT2D eigenvalue weighted by molar-refractivity contribution is 7.09. The van der Waals surface area contributed by atoms with E-state index in [0.717, 1.165) is 37.0 Å². The van der Waals surface area contributed by atoms with Gasteiger partial charge >= 0.3 is 0 Å². The van der Waals surface area contributed by atoms with E-state index in [2.05, 4.69) is 16.4 Å². The van der Waals surface area contributed by atoms with Crippen LogP contribution in [-0.4, -0.2) is 45.1 Å². The van der Waals surface area contributed by atoms with Crippen molar-refractivity contribution >= 4 is 28.3 Å². The molecular weight excluding hydrogens is 348 g/mol. The second kappa shape index (κ2) is 7.55. The Labute approximate surface area is 156 Å². The fourth-order valence-corrected chi connectivity index (χ4v) is 4.08. The molecule has 0 spiro atoms. The average Bonchev–Trinajstić information content (AvgIpc) is 3.41. The minimum Gasteiger partial charge on any atom is -0.376 e. The van der Waals surface area contributed by atoms with Crippen LogP contribution in [-0.2, 0) is 17.8 Å². The van der Waals surface area contributed by atoms with Crippen LogP contribution in [0.2, 0.25) is 0 Å². The molecule has 1 aromatic carbocycles. The number of carbonyl (C=O) groups is 1. The van der Waals surface area contributed by atoms with E-state index in [4.69, 9.17) is 4.74 Å². The van der Waals surface area contributed by atoms with Gasteiger partial charge in [0.05, 0.1) is 18.2 Å². The van der Waals surface area contributed by atoms with Crippen LogP contribution in [0.4, 0.5) is 0 Å². The molecule has 6 nitrogen and oxygen atoms in total. The Bertz CT molecular complexity index is 884. The zero-order valence-corrected chi connectivity index (χ0v) is 15.6. The Morgan fingerprint density at radius 1 is 1.42 bits per heavy atom. The molecule has 0 N–H and O–H groups in total. The second-order valence-electron chi connectivity index (χ2n) is 6.51. The summed E-state index contributed by atoms with van der Waals surface area (Å²) in [6.07, 6.45) is 2.21. The van der Waals surface area contributed by atoms with Gasteiger partial charge in [-0.2, -0.15) is 0 Å². The summed E-state index contributed by atoms with van der Waals surface area (Å²) in [4.78, 5) is 16.3. The number of aryl methyl sites for hydroxylation is 1. The minimum absolute atomic E-state index is 0.0156. The van der Waals surface area contributed by atoms with E-state index in [1.165, 1.54) is 4.88 Å². The van der Waals surface area contributed by atoms with Gasteiger partial charge in [0.15, 0.2) is 0 Å². The Hall–Kier alpha value is -2.25. The zero-order valence-electron chi connectivity index (χ0n) is 14.8. The smallest absolute Gasteiger partial charge is 0.254 e. The number of amides is 1. The van der Waals surface area contributed by atoms with E-state index in [1.807, 2.05) is 46.2 Å². The molecule has 1 fully saturated rings. The largest absolute Gasteiger partial charge is 0.376 e. The lowest BCUT2D eigenvalue weighted by atomic mass is 10.1. The molecule has 1 saturated heterocycles. The van der Waals surface area contributed by atoms with Crippen LogP contribution < -0.4 is 0 Å². The summed E-state index contributed by atoms with van der Waals surface area (Å²) >= 11 is 1.67. The zero-order chi connectivity index (χ0) is 17.9. The molecule has 136 valence electrons. The van der Waals surface area contributed by atoms with Gasteiger partial charge in [-0.1, -0.05) is 11.3 Å². The molecule has 0 radical (unpaired) electrons. The number of fused-ring (bicyclic) bond motifs is 1. The fourth-order valence-electron chi connectivity index (χ4n) is 3.37. The van der Waals surface area contributed by atoms with Crippen molar-refractivity contribution in [3.8, 4) is 0 Å². The summed E-state index contributed by atoms with van der Waals surface area (Å²) in [5, 5.41) is 10.4. The molecule has 1 aliphatic rings. The Kier molecular flexibility index (Phi) is 4.99. The van der Waals surface area contributed by atoms with Crippen molar-refractivity contribution in [2.24, 2.45) is 0 Å². The van der Waals surface area contributed by atoms with Crippen molar-refractivity contribution < 1.29 is 9.53 Å². The number of benzene rings is 1. The van der Waals surface area contributed by atoms with Crippen LogP contribution >= 0.6 is 11.3 Å². The van der Waals surface area contributed by atoms with Gasteiger partial charge in [-0.05, 0) is 49.4 Å². The van der Waals surface area contributed by atoms with Gasteiger partial charge in [0.25, 0.3) is 5.91 Å². The SMILES string of the molecule is CCn1nnc2cc(C(=O)N(Cc3cccs3)CC3CCCO3)ccc21. The highest BCUT2D eigenvalue weighted by Gasteiger charge is 2.24. The van der Waals surface area contributed by atoms with Crippen molar-refractivity contribution in [1.29, 1.82) is 0 Å². The predicted octanol–water partition coefficient (Wildman–Crippen LogP) is 3.33. The number of nitrogens with zero attached hydrogens (tertiary/aromatic N) is 4. The number of rotatable bonds is 6. The fraction of sp³-hybridized carbons (Fsp3) is 0.421. The summed E-state index contributed by atoms with van der Waals surface area (Å²) in [5.74, 6) is 0.0156. The number of aromatic nitrogens is 3. The van der Waals surface area contributed by atoms with Crippen LogP contribution in [0.15, 0.2) is 35.7 Å². The van der Waals surface area contributed by atoms with E-state index in [0.29, 0.717) is 18.7 Å². The molecule has 2 aromatic heterocycles. The number of ether oxygens (including phenoxy) is 1. The van der Waals surface area contributed by atoms with Crippen LogP contribution in [0.25, 0.3) is 11.0 Å². The summed E-state index contributed by atoms with van der Waals surface area (Å²) in [5.41, 5.74) is 2.36. The lowest BCUT2D eigenvalue weighted by Gasteiger charge is -2.25. The lowest BCUT2D eigenvalue weighted by Crippen LogP contribution is -2.36. The second-order valence-corrected chi connectivity index (χ2v) is 7.54. The molecular formula is C19H22N4O2S. The van der Waals surface area contributed by atoms with Gasteiger partial charge in [0.1, 0.15) is 5.52 Å². The van der Waals surface area contributed by atoms with Gasteiger partial charge < -0.3 is 9.64 Å². The van der Waals surface area contributed by atoms with Crippen LogP contribution in [0, 0.1) is 0 Å². The molecule has 1 atom stereocenters. The Morgan fingerprint density at radius 3 is 3.08 bits per heavy atom. The van der Waals surface area contributed by atoms with Crippen molar-refractivity contribution in [2.45, 2.75) is 39.0 Å². The first kappa shape index (κ1) is 17.2. The number of carbonyl (C=O) groups excluding carboxylic acids is 1. The maximum atomic E-state index is 13.2. The molecule has 1 amide bonds. The first-order valence-corrected chi connectivity index (χ1v) is 9.89. The maximum Gasteiger partial charge on any atom is 0.254 e. The molecule has 7 heteroatoms. The monoisotopic (exact) mass is 370 g/mol. The number of thiophene rings is 1. The molecule has 0 bridgehead atoms. The van der Waals surface area contributed by atoms with Crippen molar-refractivity contribution in [2.75, 3.05) is 13.2 Å². The lowest BCUT2D eigenvalue weighted by molar-refractivity contribution is 0.0510. The van der Waals surface area contributed by atoms with Crippen molar-refractivity contribution in [3.05, 3.63) is 46.2 Å². The average molecular weight is 370 g/mol. The molecule has 0 saturated carbocycles. The number of hydrogen-bond acceptors (Lipinski definition) is 5. The van der Waals surface area contributed by atoms with Gasteiger partial charge in [-0.3, -0.25) is 4.79 Å². The summed E-state index contributed by atoms with van der Waals surface area (Å²) in [6, 6.07) is 9.73. The predicted molar refractivity (Wildman–Crippen MR) is 101 cm³/mol. The molecule has 1 aliphatic heterocycles. The molecule has 1 unspecified atom stereocenters. The highest BCUT2D eigenvalue weighted by Crippen LogP contribution is 2.21. The number of hydrogen-bond donors (Lipinski definition) is 0. The Balaban J connectivity index is 1.59. The van der Waals surface area contributed by atoms with Gasteiger partial charge in [0, 0.05) is 30.1 Å². The summed E-state index contributed by atoms with van der Waals surface area (Å²) in [6.45, 7) is 4.80. The quantitative estimate of drug-likeness (QED) is 0.668. The van der Waals surface area contributed by atoms with Gasteiger partial charge in [-0.15, -0.1) is 16.4 Å². The first-order valence-electron chi connectivity index (χ1n) is 9.01. The normalized spacial score (nSPS) is 17.0. The van der Waals surface area contributed by atoms with E-state index in [9.17, 15) is 4.79 Å². The molecule has 4 rings (SSSR count). The van der Waals surface area contributed by atoms with E-state index in [-0.39, 0.29) is 12.0 Å². The van der Waals surface area contributed by atoms with Crippen LogP contribution in [0.3, 0.4) is 0 Å². The Morgan fingerprint density at radius 2 is 2.35 bits per heavy atom. The minimum atomic E-state index is 0.0156. The molecule has 0 aliphatic carbocycles.